The molecule has 104 valence electrons. The molecular formula is C15H22N2O2. The van der Waals surface area contributed by atoms with Crippen LogP contribution in [-0.4, -0.2) is 25.7 Å². The summed E-state index contributed by atoms with van der Waals surface area (Å²) in [6.07, 6.45) is 3.53. The Kier molecular flexibility index (Phi) is 4.22. The van der Waals surface area contributed by atoms with Crippen LogP contribution >= 0.6 is 0 Å². The highest BCUT2D eigenvalue weighted by Gasteiger charge is 2.39. The Bertz CT molecular complexity index is 450. The summed E-state index contributed by atoms with van der Waals surface area (Å²) in [4.78, 5) is 14.1. The zero-order chi connectivity index (χ0) is 13.9. The van der Waals surface area contributed by atoms with E-state index in [4.69, 9.17) is 10.5 Å². The predicted molar refractivity (Wildman–Crippen MR) is 76.0 cm³/mol. The van der Waals surface area contributed by atoms with Gasteiger partial charge in [-0.3, -0.25) is 4.79 Å². The van der Waals surface area contributed by atoms with E-state index in [1.807, 2.05) is 24.3 Å². The molecule has 0 heterocycles. The number of ether oxygens (including phenoxy) is 1. The number of nitrogens with two attached hydrogens (primary N) is 1. The van der Waals surface area contributed by atoms with Crippen LogP contribution in [0.3, 0.4) is 0 Å². The molecule has 19 heavy (non-hydrogen) atoms. The molecule has 1 fully saturated rings. The molecule has 0 aromatic heterocycles. The van der Waals surface area contributed by atoms with Gasteiger partial charge in [0.05, 0.1) is 12.0 Å². The standard InChI is InChI=1S/C15H22N2O2/c1-17(13-7-4-3-6-12(13)11-16)14(18)10-15(19-2)8-5-9-15/h3-4,6-7H,5,8-11,16H2,1-2H3. The normalized spacial score (nSPS) is 16.8. The molecule has 0 bridgehead atoms. The molecule has 2 rings (SSSR count). The summed E-state index contributed by atoms with van der Waals surface area (Å²) in [5.41, 5.74) is 7.36. The second-order valence-electron chi connectivity index (χ2n) is 5.20. The van der Waals surface area contributed by atoms with Gasteiger partial charge in [-0.15, -0.1) is 0 Å². The minimum Gasteiger partial charge on any atom is -0.378 e. The molecule has 1 aromatic carbocycles. The van der Waals surface area contributed by atoms with Gasteiger partial charge in [0.15, 0.2) is 0 Å². The third-order valence-electron chi connectivity index (χ3n) is 4.12. The van der Waals surface area contributed by atoms with Crippen molar-refractivity contribution in [1.29, 1.82) is 0 Å². The fourth-order valence-corrected chi connectivity index (χ4v) is 2.56. The van der Waals surface area contributed by atoms with Crippen LogP contribution < -0.4 is 10.6 Å². The third kappa shape index (κ3) is 2.80. The van der Waals surface area contributed by atoms with E-state index in [1.54, 1.807) is 19.1 Å². The Morgan fingerprint density at radius 3 is 2.63 bits per heavy atom. The van der Waals surface area contributed by atoms with E-state index < -0.39 is 0 Å². The van der Waals surface area contributed by atoms with E-state index in [0.717, 1.165) is 30.5 Å². The number of methoxy groups -OCH3 is 1. The monoisotopic (exact) mass is 262 g/mol. The molecule has 0 spiro atoms. The summed E-state index contributed by atoms with van der Waals surface area (Å²) in [5, 5.41) is 0. The van der Waals surface area contributed by atoms with Crippen LogP contribution in [0.1, 0.15) is 31.2 Å². The van der Waals surface area contributed by atoms with Crippen molar-refractivity contribution in [3.8, 4) is 0 Å². The Morgan fingerprint density at radius 1 is 1.42 bits per heavy atom. The molecule has 0 radical (unpaired) electrons. The number of rotatable bonds is 5. The highest BCUT2D eigenvalue weighted by molar-refractivity contribution is 5.94. The number of benzene rings is 1. The Labute approximate surface area is 114 Å². The lowest BCUT2D eigenvalue weighted by Gasteiger charge is -2.40. The summed E-state index contributed by atoms with van der Waals surface area (Å²) in [6.45, 7) is 0.434. The first kappa shape index (κ1) is 14.0. The topological polar surface area (TPSA) is 55.6 Å². The van der Waals surface area contributed by atoms with E-state index in [-0.39, 0.29) is 11.5 Å². The van der Waals surface area contributed by atoms with Crippen LogP contribution in [0.4, 0.5) is 5.69 Å². The zero-order valence-electron chi connectivity index (χ0n) is 11.7. The number of hydrogen-bond donors (Lipinski definition) is 1. The third-order valence-corrected chi connectivity index (χ3v) is 4.12. The first-order valence-electron chi connectivity index (χ1n) is 6.71. The summed E-state index contributed by atoms with van der Waals surface area (Å²) in [6, 6.07) is 7.75. The van der Waals surface area contributed by atoms with Gasteiger partial charge >= 0.3 is 0 Å². The van der Waals surface area contributed by atoms with Gasteiger partial charge in [-0.05, 0) is 30.9 Å². The first-order valence-corrected chi connectivity index (χ1v) is 6.71. The molecular weight excluding hydrogens is 240 g/mol. The average molecular weight is 262 g/mol. The molecule has 0 saturated heterocycles. The smallest absolute Gasteiger partial charge is 0.229 e. The lowest BCUT2D eigenvalue weighted by Crippen LogP contribution is -2.44. The lowest BCUT2D eigenvalue weighted by molar-refractivity contribution is -0.131. The van der Waals surface area contributed by atoms with Crippen molar-refractivity contribution < 1.29 is 9.53 Å². The number of anilines is 1. The van der Waals surface area contributed by atoms with E-state index in [0.29, 0.717) is 13.0 Å². The van der Waals surface area contributed by atoms with Gasteiger partial charge < -0.3 is 15.4 Å². The van der Waals surface area contributed by atoms with Crippen molar-refractivity contribution in [3.63, 3.8) is 0 Å². The summed E-state index contributed by atoms with van der Waals surface area (Å²) in [7, 11) is 3.50. The van der Waals surface area contributed by atoms with E-state index in [2.05, 4.69) is 0 Å². The summed E-state index contributed by atoms with van der Waals surface area (Å²) in [5.74, 6) is 0.0856. The highest BCUT2D eigenvalue weighted by Crippen LogP contribution is 2.38. The molecule has 1 aliphatic carbocycles. The quantitative estimate of drug-likeness (QED) is 0.883. The second-order valence-corrected chi connectivity index (χ2v) is 5.20. The highest BCUT2D eigenvalue weighted by atomic mass is 16.5. The Balaban J connectivity index is 2.10. The molecule has 1 aliphatic rings. The number of nitrogens with zero attached hydrogens (tertiary/aromatic N) is 1. The van der Waals surface area contributed by atoms with Gasteiger partial charge in [-0.2, -0.15) is 0 Å². The number of amides is 1. The maximum Gasteiger partial charge on any atom is 0.229 e. The largest absolute Gasteiger partial charge is 0.378 e. The van der Waals surface area contributed by atoms with Crippen LogP contribution in [0.25, 0.3) is 0 Å². The van der Waals surface area contributed by atoms with Gasteiger partial charge in [0.1, 0.15) is 0 Å². The minimum absolute atomic E-state index is 0.0856. The van der Waals surface area contributed by atoms with Gasteiger partial charge in [0, 0.05) is 26.4 Å². The number of para-hydroxylation sites is 1. The fourth-order valence-electron chi connectivity index (χ4n) is 2.56. The van der Waals surface area contributed by atoms with Gasteiger partial charge in [0.25, 0.3) is 0 Å². The number of carbonyl (C=O) groups excluding carboxylic acids is 1. The van der Waals surface area contributed by atoms with Crippen molar-refractivity contribution in [2.45, 2.75) is 37.8 Å². The maximum absolute atomic E-state index is 12.4. The SMILES string of the molecule is COC1(CC(=O)N(C)c2ccccc2CN)CCC1. The van der Waals surface area contributed by atoms with Crippen molar-refractivity contribution in [2.75, 3.05) is 19.1 Å². The molecule has 0 atom stereocenters. The number of hydrogen-bond acceptors (Lipinski definition) is 3. The summed E-state index contributed by atoms with van der Waals surface area (Å²) < 4.78 is 5.51. The molecule has 4 nitrogen and oxygen atoms in total. The molecule has 0 unspecified atom stereocenters. The lowest BCUT2D eigenvalue weighted by atomic mass is 9.77. The van der Waals surface area contributed by atoms with Gasteiger partial charge in [0.2, 0.25) is 5.91 Å². The van der Waals surface area contributed by atoms with Crippen LogP contribution in [-0.2, 0) is 16.1 Å². The molecule has 1 saturated carbocycles. The maximum atomic E-state index is 12.4. The van der Waals surface area contributed by atoms with Crippen molar-refractivity contribution in [1.82, 2.24) is 0 Å². The molecule has 0 aliphatic heterocycles. The van der Waals surface area contributed by atoms with Crippen LogP contribution in [0, 0.1) is 0 Å². The summed E-state index contributed by atoms with van der Waals surface area (Å²) >= 11 is 0. The molecule has 4 heteroatoms. The predicted octanol–water partition coefficient (Wildman–Crippen LogP) is 2.07. The first-order chi connectivity index (χ1) is 9.12. The van der Waals surface area contributed by atoms with E-state index >= 15 is 0 Å². The Morgan fingerprint density at radius 2 is 2.11 bits per heavy atom. The van der Waals surface area contributed by atoms with Crippen molar-refractivity contribution in [3.05, 3.63) is 29.8 Å². The van der Waals surface area contributed by atoms with Crippen LogP contribution in [0.2, 0.25) is 0 Å². The van der Waals surface area contributed by atoms with Gasteiger partial charge in [-0.25, -0.2) is 0 Å². The molecule has 2 N–H and O–H groups in total. The van der Waals surface area contributed by atoms with Crippen LogP contribution in [0.5, 0.6) is 0 Å². The average Bonchev–Trinajstić information content (AvgIpc) is 2.41. The van der Waals surface area contributed by atoms with Crippen LogP contribution in [0.15, 0.2) is 24.3 Å². The Hall–Kier alpha value is -1.39. The van der Waals surface area contributed by atoms with Crippen molar-refractivity contribution >= 4 is 11.6 Å². The molecule has 1 aromatic rings. The zero-order valence-corrected chi connectivity index (χ0v) is 11.7. The van der Waals surface area contributed by atoms with Crippen molar-refractivity contribution in [2.24, 2.45) is 5.73 Å². The molecule has 1 amide bonds. The second kappa shape index (κ2) is 5.72. The van der Waals surface area contributed by atoms with Gasteiger partial charge in [-0.1, -0.05) is 18.2 Å². The minimum atomic E-state index is -0.233. The van der Waals surface area contributed by atoms with E-state index in [1.165, 1.54) is 0 Å². The van der Waals surface area contributed by atoms with E-state index in [9.17, 15) is 4.79 Å². The number of carbonyl (C=O) groups is 1. The fraction of sp³-hybridized carbons (Fsp3) is 0.533.